The van der Waals surface area contributed by atoms with E-state index in [1.165, 1.54) is 6.92 Å². The predicted octanol–water partition coefficient (Wildman–Crippen LogP) is 3.73. The summed E-state index contributed by atoms with van der Waals surface area (Å²) in [5.74, 6) is -0.982. The molecule has 2 aromatic carbocycles. The van der Waals surface area contributed by atoms with Crippen LogP contribution in [0.15, 0.2) is 41.3 Å². The van der Waals surface area contributed by atoms with Crippen LogP contribution in [0.1, 0.15) is 41.8 Å². The first kappa shape index (κ1) is 22.7. The molecule has 29 heavy (non-hydrogen) atoms. The van der Waals surface area contributed by atoms with Crippen LogP contribution >= 0.6 is 0 Å². The van der Waals surface area contributed by atoms with Gasteiger partial charge in [0.25, 0.3) is 10.0 Å². The van der Waals surface area contributed by atoms with E-state index in [0.717, 1.165) is 37.3 Å². The molecule has 0 aliphatic heterocycles. The number of sulfonamides is 1. The molecule has 0 saturated heterocycles. The number of halogens is 3. The number of aromatic hydroxyl groups is 1. The highest BCUT2D eigenvalue weighted by molar-refractivity contribution is 7.92. The molecule has 0 saturated carbocycles. The molecule has 6 nitrogen and oxygen atoms in total. The lowest BCUT2D eigenvalue weighted by Crippen LogP contribution is -2.16. The monoisotopic (exact) mass is 431 g/mol. The van der Waals surface area contributed by atoms with Crippen LogP contribution in [0.5, 0.6) is 5.75 Å². The van der Waals surface area contributed by atoms with Gasteiger partial charge in [-0.2, -0.15) is 13.2 Å². The van der Waals surface area contributed by atoms with Crippen LogP contribution in [-0.2, 0) is 22.6 Å². The summed E-state index contributed by atoms with van der Waals surface area (Å²) in [6.07, 6.45) is -5.05. The Labute approximate surface area is 166 Å². The van der Waals surface area contributed by atoms with Crippen LogP contribution in [0.25, 0.3) is 0 Å². The number of nitrogens with one attached hydrogen (secondary N) is 1. The minimum absolute atomic E-state index is 0.141. The van der Waals surface area contributed by atoms with Crippen molar-refractivity contribution >= 4 is 21.5 Å². The van der Waals surface area contributed by atoms with Gasteiger partial charge in [-0.1, -0.05) is 6.07 Å². The third-order valence-electron chi connectivity index (χ3n) is 4.17. The van der Waals surface area contributed by atoms with Crippen LogP contribution in [0.2, 0.25) is 0 Å². The van der Waals surface area contributed by atoms with E-state index >= 15 is 0 Å². The number of anilines is 1. The van der Waals surface area contributed by atoms with E-state index < -0.39 is 39.4 Å². The zero-order valence-corrected chi connectivity index (χ0v) is 16.4. The van der Waals surface area contributed by atoms with Crippen molar-refractivity contribution < 1.29 is 36.6 Å². The molecule has 0 unspecified atom stereocenters. The Morgan fingerprint density at radius 3 is 2.38 bits per heavy atom. The zero-order chi connectivity index (χ0) is 22.0. The van der Waals surface area contributed by atoms with Crippen molar-refractivity contribution in [3.05, 3.63) is 53.1 Å². The Hall–Kier alpha value is -2.59. The zero-order valence-electron chi connectivity index (χ0n) is 15.6. The number of rotatable bonds is 7. The van der Waals surface area contributed by atoms with E-state index in [0.29, 0.717) is 6.07 Å². The first-order valence-electron chi connectivity index (χ1n) is 8.56. The first-order chi connectivity index (χ1) is 13.3. The van der Waals surface area contributed by atoms with Gasteiger partial charge in [-0.05, 0) is 62.6 Å². The number of carbonyl (C=O) groups is 1. The highest BCUT2D eigenvalue weighted by Crippen LogP contribution is 2.34. The summed E-state index contributed by atoms with van der Waals surface area (Å²) in [4.78, 5) is 11.1. The van der Waals surface area contributed by atoms with Crippen molar-refractivity contribution in [1.82, 2.24) is 0 Å². The summed E-state index contributed by atoms with van der Waals surface area (Å²) in [7, 11) is -4.35. The van der Waals surface area contributed by atoms with E-state index in [4.69, 9.17) is 0 Å². The molecular formula is C19H20F3NO5S. The van der Waals surface area contributed by atoms with Crippen LogP contribution < -0.4 is 4.72 Å². The van der Waals surface area contributed by atoms with Crippen LogP contribution in [-0.4, -0.2) is 30.5 Å². The molecule has 2 rings (SSSR count). The fourth-order valence-corrected chi connectivity index (χ4v) is 3.72. The maximum absolute atomic E-state index is 13.1. The Bertz CT molecular complexity index is 1020. The Balaban J connectivity index is 2.49. The standard InChI is InChI=1S/C19H20F3NO5S/c1-11(24)3-4-13-5-6-14(19(20,21)22)9-17(13)23-29(27,28)15-7-8-18(26)16(10-15)12(2)25/h5-11,23-24,26H,3-4H2,1-2H3/t11-/m1/s1. The van der Waals surface area contributed by atoms with E-state index in [1.54, 1.807) is 0 Å². The number of aliphatic hydroxyl groups is 1. The molecule has 1 atom stereocenters. The first-order valence-corrected chi connectivity index (χ1v) is 10.0. The molecule has 0 bridgehead atoms. The van der Waals surface area contributed by atoms with Gasteiger partial charge in [0, 0.05) is 0 Å². The topological polar surface area (TPSA) is 104 Å². The average Bonchev–Trinajstić information content (AvgIpc) is 2.59. The summed E-state index contributed by atoms with van der Waals surface area (Å²) in [6, 6.07) is 5.67. The minimum atomic E-state index is -4.68. The Morgan fingerprint density at radius 2 is 1.83 bits per heavy atom. The summed E-state index contributed by atoms with van der Waals surface area (Å²) in [5.41, 5.74) is -1.27. The van der Waals surface area contributed by atoms with Gasteiger partial charge < -0.3 is 10.2 Å². The molecule has 3 N–H and O–H groups in total. The lowest BCUT2D eigenvalue weighted by molar-refractivity contribution is -0.137. The van der Waals surface area contributed by atoms with Gasteiger partial charge in [0.15, 0.2) is 5.78 Å². The molecule has 0 spiro atoms. The van der Waals surface area contributed by atoms with Gasteiger partial charge >= 0.3 is 6.18 Å². The minimum Gasteiger partial charge on any atom is -0.507 e. The van der Waals surface area contributed by atoms with E-state index in [1.807, 2.05) is 0 Å². The van der Waals surface area contributed by atoms with Crippen LogP contribution in [0, 0.1) is 0 Å². The van der Waals surface area contributed by atoms with Gasteiger partial charge in [0.05, 0.1) is 27.8 Å². The number of Topliss-reactive ketones (excluding diaryl/α,β-unsaturated/α-hetero) is 1. The van der Waals surface area contributed by atoms with Crippen molar-refractivity contribution in [3.8, 4) is 5.75 Å². The highest BCUT2D eigenvalue weighted by Gasteiger charge is 2.31. The van der Waals surface area contributed by atoms with Crippen molar-refractivity contribution in [2.24, 2.45) is 0 Å². The fourth-order valence-electron chi connectivity index (χ4n) is 2.60. The average molecular weight is 431 g/mol. The molecule has 0 aromatic heterocycles. The molecular weight excluding hydrogens is 411 g/mol. The number of ketones is 1. The number of aryl methyl sites for hydroxylation is 1. The van der Waals surface area contributed by atoms with Crippen molar-refractivity contribution in [3.63, 3.8) is 0 Å². The fraction of sp³-hybridized carbons (Fsp3) is 0.316. The Kier molecular flexibility index (Phi) is 6.59. The van der Waals surface area contributed by atoms with Crippen LogP contribution in [0.3, 0.4) is 0 Å². The third kappa shape index (κ3) is 5.70. The molecule has 0 fully saturated rings. The maximum atomic E-state index is 13.1. The summed E-state index contributed by atoms with van der Waals surface area (Å²) in [6.45, 7) is 2.65. The largest absolute Gasteiger partial charge is 0.507 e. The molecule has 0 aliphatic carbocycles. The van der Waals surface area contributed by atoms with Gasteiger partial charge in [-0.25, -0.2) is 8.42 Å². The van der Waals surface area contributed by atoms with Crippen LogP contribution in [0.4, 0.5) is 18.9 Å². The van der Waals surface area contributed by atoms with Gasteiger partial charge in [-0.3, -0.25) is 9.52 Å². The number of hydrogen-bond donors (Lipinski definition) is 3. The number of alkyl halides is 3. The molecule has 0 heterocycles. The molecule has 0 aliphatic rings. The predicted molar refractivity (Wildman–Crippen MR) is 100 cm³/mol. The second kappa shape index (κ2) is 8.42. The molecule has 10 heteroatoms. The van der Waals surface area contributed by atoms with Crippen molar-refractivity contribution in [2.45, 2.75) is 43.9 Å². The van der Waals surface area contributed by atoms with E-state index in [-0.39, 0.29) is 34.6 Å². The number of benzene rings is 2. The number of hydrogen-bond acceptors (Lipinski definition) is 5. The Morgan fingerprint density at radius 1 is 1.17 bits per heavy atom. The van der Waals surface area contributed by atoms with Gasteiger partial charge in [0.2, 0.25) is 0 Å². The van der Waals surface area contributed by atoms with Gasteiger partial charge in [0.1, 0.15) is 5.75 Å². The molecule has 0 radical (unpaired) electrons. The normalized spacial score (nSPS) is 13.2. The SMILES string of the molecule is CC(=O)c1cc(S(=O)(=O)Nc2cc(C(F)(F)F)ccc2CC[C@@H](C)O)ccc1O. The smallest absolute Gasteiger partial charge is 0.416 e. The second-order valence-corrected chi connectivity index (χ2v) is 8.28. The van der Waals surface area contributed by atoms with Gasteiger partial charge in [-0.15, -0.1) is 0 Å². The van der Waals surface area contributed by atoms with E-state index in [2.05, 4.69) is 4.72 Å². The maximum Gasteiger partial charge on any atom is 0.416 e. The lowest BCUT2D eigenvalue weighted by Gasteiger charge is -2.16. The molecule has 0 amide bonds. The van der Waals surface area contributed by atoms with E-state index in [9.17, 15) is 36.6 Å². The summed E-state index contributed by atoms with van der Waals surface area (Å²) >= 11 is 0. The van der Waals surface area contributed by atoms with Crippen molar-refractivity contribution in [2.75, 3.05) is 4.72 Å². The summed E-state index contributed by atoms with van der Waals surface area (Å²) < 4.78 is 66.8. The third-order valence-corrected chi connectivity index (χ3v) is 5.53. The van der Waals surface area contributed by atoms with Crippen molar-refractivity contribution in [1.29, 1.82) is 0 Å². The number of aliphatic hydroxyl groups excluding tert-OH is 1. The summed E-state index contributed by atoms with van der Waals surface area (Å²) in [5, 5.41) is 19.1. The number of carbonyl (C=O) groups excluding carboxylic acids is 1. The highest BCUT2D eigenvalue weighted by atomic mass is 32.2. The quantitative estimate of drug-likeness (QED) is 0.580. The lowest BCUT2D eigenvalue weighted by atomic mass is 10.0. The molecule has 2 aromatic rings. The second-order valence-electron chi connectivity index (χ2n) is 6.60. The molecule has 158 valence electrons. The number of phenols is 1. The number of phenolic OH excluding ortho intramolecular Hbond substituents is 1.